The van der Waals surface area contributed by atoms with E-state index in [0.29, 0.717) is 10.8 Å². The number of aryl methyl sites for hydroxylation is 1. The highest BCUT2D eigenvalue weighted by Gasteiger charge is 2.15. The van der Waals surface area contributed by atoms with E-state index in [4.69, 9.17) is 4.74 Å². The van der Waals surface area contributed by atoms with Gasteiger partial charge in [0, 0.05) is 6.54 Å². The summed E-state index contributed by atoms with van der Waals surface area (Å²) in [6.45, 7) is 6.53. The molecule has 0 aromatic heterocycles. The van der Waals surface area contributed by atoms with Crippen molar-refractivity contribution in [3.05, 3.63) is 59.7 Å². The fraction of sp³-hybridized carbons (Fsp3) is 0.333. The summed E-state index contributed by atoms with van der Waals surface area (Å²) in [4.78, 5) is 0.307. The average molecular weight is 333 g/mol. The minimum atomic E-state index is -3.50. The normalized spacial score (nSPS) is 11.7. The molecular weight excluding hydrogens is 310 g/mol. The van der Waals surface area contributed by atoms with E-state index in [0.717, 1.165) is 11.3 Å². The molecule has 0 saturated carbocycles. The zero-order chi connectivity index (χ0) is 16.9. The Morgan fingerprint density at radius 2 is 1.83 bits per heavy atom. The predicted molar refractivity (Wildman–Crippen MR) is 92.4 cm³/mol. The zero-order valence-electron chi connectivity index (χ0n) is 13.7. The monoisotopic (exact) mass is 333 g/mol. The van der Waals surface area contributed by atoms with E-state index in [-0.39, 0.29) is 13.2 Å². The number of hydrogen-bond acceptors (Lipinski definition) is 3. The van der Waals surface area contributed by atoms with E-state index in [2.05, 4.69) is 24.6 Å². The maximum absolute atomic E-state index is 12.2. The Balaban J connectivity index is 1.90. The third-order valence-electron chi connectivity index (χ3n) is 3.57. The first kappa shape index (κ1) is 17.5. The Labute approximate surface area is 138 Å². The maximum atomic E-state index is 12.2. The first-order valence-corrected chi connectivity index (χ1v) is 9.16. The van der Waals surface area contributed by atoms with Crippen LogP contribution in [-0.2, 0) is 10.0 Å². The van der Waals surface area contributed by atoms with Crippen molar-refractivity contribution in [1.29, 1.82) is 0 Å². The van der Waals surface area contributed by atoms with Crippen LogP contribution in [-0.4, -0.2) is 21.6 Å². The molecule has 0 saturated heterocycles. The lowest BCUT2D eigenvalue weighted by Gasteiger charge is -2.11. The number of nitrogens with one attached hydrogen (secondary N) is 1. The van der Waals surface area contributed by atoms with Gasteiger partial charge in [-0.3, -0.25) is 0 Å². The van der Waals surface area contributed by atoms with Gasteiger partial charge in [0.2, 0.25) is 10.0 Å². The summed E-state index contributed by atoms with van der Waals surface area (Å²) in [5, 5.41) is 0. The second kappa shape index (κ2) is 7.62. The van der Waals surface area contributed by atoms with E-state index < -0.39 is 10.0 Å². The van der Waals surface area contributed by atoms with Crippen molar-refractivity contribution in [3.8, 4) is 5.75 Å². The lowest BCUT2D eigenvalue weighted by Crippen LogP contribution is -2.28. The predicted octanol–water partition coefficient (Wildman–Crippen LogP) is 3.48. The van der Waals surface area contributed by atoms with E-state index >= 15 is 0 Å². The van der Waals surface area contributed by atoms with Crippen LogP contribution in [0.5, 0.6) is 5.75 Å². The molecule has 23 heavy (non-hydrogen) atoms. The van der Waals surface area contributed by atoms with Crippen molar-refractivity contribution >= 4 is 10.0 Å². The molecule has 2 aromatic carbocycles. The van der Waals surface area contributed by atoms with Crippen molar-refractivity contribution in [2.45, 2.75) is 31.6 Å². The number of hydrogen-bond donors (Lipinski definition) is 1. The largest absolute Gasteiger partial charge is 0.492 e. The molecule has 0 aliphatic heterocycles. The number of sulfonamides is 1. The molecule has 0 spiro atoms. The fourth-order valence-corrected chi connectivity index (χ4v) is 3.50. The highest BCUT2D eigenvalue weighted by atomic mass is 32.2. The Morgan fingerprint density at radius 1 is 1.09 bits per heavy atom. The van der Waals surface area contributed by atoms with Crippen molar-refractivity contribution in [2.24, 2.45) is 0 Å². The van der Waals surface area contributed by atoms with Crippen LogP contribution in [0.15, 0.2) is 53.4 Å². The SMILES string of the molecule is Cc1ccccc1S(=O)(=O)NCCOc1cccc(C(C)C)c1. The average Bonchev–Trinajstić information content (AvgIpc) is 2.52. The highest BCUT2D eigenvalue weighted by molar-refractivity contribution is 7.89. The summed E-state index contributed by atoms with van der Waals surface area (Å²) in [7, 11) is -3.50. The first-order valence-electron chi connectivity index (χ1n) is 7.68. The summed E-state index contributed by atoms with van der Waals surface area (Å²) in [6, 6.07) is 14.8. The zero-order valence-corrected chi connectivity index (χ0v) is 14.6. The van der Waals surface area contributed by atoms with Crippen molar-refractivity contribution in [1.82, 2.24) is 4.72 Å². The second-order valence-electron chi connectivity index (χ2n) is 5.74. The molecule has 0 radical (unpaired) electrons. The van der Waals surface area contributed by atoms with Crippen LogP contribution in [0, 0.1) is 6.92 Å². The molecule has 0 aliphatic carbocycles. The molecule has 0 atom stereocenters. The first-order chi connectivity index (χ1) is 10.9. The Hall–Kier alpha value is -1.85. The van der Waals surface area contributed by atoms with Crippen LogP contribution < -0.4 is 9.46 Å². The van der Waals surface area contributed by atoms with Gasteiger partial charge in [0.1, 0.15) is 12.4 Å². The van der Waals surface area contributed by atoms with Crippen LogP contribution in [0.4, 0.5) is 0 Å². The molecule has 0 unspecified atom stereocenters. The van der Waals surface area contributed by atoms with Crippen molar-refractivity contribution in [3.63, 3.8) is 0 Å². The van der Waals surface area contributed by atoms with Crippen LogP contribution in [0.1, 0.15) is 30.9 Å². The Bertz CT molecular complexity index is 754. The van der Waals surface area contributed by atoms with E-state index in [9.17, 15) is 8.42 Å². The van der Waals surface area contributed by atoms with Gasteiger partial charge in [-0.2, -0.15) is 0 Å². The van der Waals surface area contributed by atoms with Crippen molar-refractivity contribution < 1.29 is 13.2 Å². The molecule has 1 N–H and O–H groups in total. The lowest BCUT2D eigenvalue weighted by atomic mass is 10.0. The maximum Gasteiger partial charge on any atom is 0.240 e. The third kappa shape index (κ3) is 4.81. The van der Waals surface area contributed by atoms with Crippen LogP contribution >= 0.6 is 0 Å². The quantitative estimate of drug-likeness (QED) is 0.789. The van der Waals surface area contributed by atoms with E-state index in [1.807, 2.05) is 24.3 Å². The van der Waals surface area contributed by atoms with Gasteiger partial charge in [-0.05, 0) is 42.2 Å². The van der Waals surface area contributed by atoms with Gasteiger partial charge in [-0.25, -0.2) is 13.1 Å². The minimum Gasteiger partial charge on any atom is -0.492 e. The molecule has 0 aliphatic rings. The van der Waals surface area contributed by atoms with Crippen LogP contribution in [0.3, 0.4) is 0 Å². The minimum absolute atomic E-state index is 0.225. The molecular formula is C18H23NO3S. The van der Waals surface area contributed by atoms with E-state index in [1.54, 1.807) is 25.1 Å². The summed E-state index contributed by atoms with van der Waals surface area (Å²) >= 11 is 0. The van der Waals surface area contributed by atoms with Gasteiger partial charge in [-0.15, -0.1) is 0 Å². The van der Waals surface area contributed by atoms with Crippen LogP contribution in [0.2, 0.25) is 0 Å². The smallest absolute Gasteiger partial charge is 0.240 e. The highest BCUT2D eigenvalue weighted by Crippen LogP contribution is 2.20. The topological polar surface area (TPSA) is 55.4 Å². The Kier molecular flexibility index (Phi) is 5.80. The second-order valence-corrected chi connectivity index (χ2v) is 7.47. The molecule has 0 amide bonds. The molecule has 5 heteroatoms. The van der Waals surface area contributed by atoms with Gasteiger partial charge >= 0.3 is 0 Å². The summed E-state index contributed by atoms with van der Waals surface area (Å²) in [6.07, 6.45) is 0. The number of benzene rings is 2. The van der Waals surface area contributed by atoms with Gasteiger partial charge in [-0.1, -0.05) is 44.2 Å². The van der Waals surface area contributed by atoms with Crippen molar-refractivity contribution in [2.75, 3.05) is 13.2 Å². The molecule has 0 fully saturated rings. The molecule has 2 aromatic rings. The van der Waals surface area contributed by atoms with Gasteiger partial charge in [0.25, 0.3) is 0 Å². The third-order valence-corrected chi connectivity index (χ3v) is 5.19. The lowest BCUT2D eigenvalue weighted by molar-refractivity contribution is 0.322. The molecule has 0 heterocycles. The summed E-state index contributed by atoms with van der Waals surface area (Å²) < 4.78 is 32.7. The number of rotatable bonds is 7. The molecule has 0 bridgehead atoms. The van der Waals surface area contributed by atoms with Gasteiger partial charge < -0.3 is 4.74 Å². The van der Waals surface area contributed by atoms with E-state index in [1.165, 1.54) is 5.56 Å². The molecule has 124 valence electrons. The van der Waals surface area contributed by atoms with Gasteiger partial charge in [0.05, 0.1) is 4.90 Å². The standard InChI is InChI=1S/C18H23NO3S/c1-14(2)16-8-6-9-17(13-16)22-12-11-19-23(20,21)18-10-5-4-7-15(18)3/h4-10,13-14,19H,11-12H2,1-3H3. The summed E-state index contributed by atoms with van der Waals surface area (Å²) in [5.74, 6) is 1.18. The number of ether oxygens (including phenoxy) is 1. The van der Waals surface area contributed by atoms with Crippen LogP contribution in [0.25, 0.3) is 0 Å². The molecule has 4 nitrogen and oxygen atoms in total. The fourth-order valence-electron chi connectivity index (χ4n) is 2.24. The van der Waals surface area contributed by atoms with Gasteiger partial charge in [0.15, 0.2) is 0 Å². The Morgan fingerprint density at radius 3 is 2.52 bits per heavy atom. The molecule has 2 rings (SSSR count). The summed E-state index contributed by atoms with van der Waals surface area (Å²) in [5.41, 5.74) is 1.92.